The monoisotopic (exact) mass is 360 g/mol. The van der Waals surface area contributed by atoms with Crippen LogP contribution < -0.4 is 15.3 Å². The minimum Gasteiger partial charge on any atom is -0.545 e. The fraction of sp³-hybridized carbons (Fsp3) is 0. The van der Waals surface area contributed by atoms with Crippen molar-refractivity contribution in [1.29, 1.82) is 0 Å². The summed E-state index contributed by atoms with van der Waals surface area (Å²) < 4.78 is 5.27. The van der Waals surface area contributed by atoms with E-state index < -0.39 is 11.9 Å². The average Bonchev–Trinajstić information content (AvgIpc) is 2.70. The first kappa shape index (κ1) is 17.8. The van der Waals surface area contributed by atoms with Crippen molar-refractivity contribution in [1.82, 2.24) is 4.98 Å². The van der Waals surface area contributed by atoms with Gasteiger partial charge in [-0.05, 0) is 59.7 Å². The number of ether oxygens (including phenoxy) is 1. The summed E-state index contributed by atoms with van der Waals surface area (Å²) in [6.07, 6.45) is 4.60. The van der Waals surface area contributed by atoms with E-state index in [0.29, 0.717) is 17.0 Å². The van der Waals surface area contributed by atoms with Gasteiger partial charge in [-0.3, -0.25) is 10.4 Å². The zero-order valence-electron chi connectivity index (χ0n) is 14.0. The van der Waals surface area contributed by atoms with Crippen molar-refractivity contribution in [2.75, 3.05) is 5.43 Å². The molecular formula is C20H14N3O4-. The molecule has 0 aliphatic heterocycles. The van der Waals surface area contributed by atoms with E-state index >= 15 is 0 Å². The lowest BCUT2D eigenvalue weighted by atomic mass is 10.2. The number of carbonyl (C=O) groups excluding carboxylic acids is 2. The van der Waals surface area contributed by atoms with Gasteiger partial charge < -0.3 is 14.6 Å². The van der Waals surface area contributed by atoms with Crippen LogP contribution in [0, 0.1) is 0 Å². The molecule has 0 aliphatic rings. The van der Waals surface area contributed by atoms with Gasteiger partial charge in [0.15, 0.2) is 0 Å². The Balaban J connectivity index is 1.56. The Labute approximate surface area is 155 Å². The molecule has 0 radical (unpaired) electrons. The van der Waals surface area contributed by atoms with Gasteiger partial charge in [-0.2, -0.15) is 5.10 Å². The number of carboxylic acids is 1. The van der Waals surface area contributed by atoms with Crippen molar-refractivity contribution in [3.8, 4) is 5.75 Å². The van der Waals surface area contributed by atoms with E-state index in [1.54, 1.807) is 60.9 Å². The molecule has 134 valence electrons. The van der Waals surface area contributed by atoms with Crippen molar-refractivity contribution in [2.45, 2.75) is 0 Å². The van der Waals surface area contributed by atoms with Crippen LogP contribution in [0.2, 0.25) is 0 Å². The third-order valence-corrected chi connectivity index (χ3v) is 3.52. The van der Waals surface area contributed by atoms with Gasteiger partial charge in [-0.15, -0.1) is 0 Å². The second-order valence-corrected chi connectivity index (χ2v) is 5.44. The summed E-state index contributed by atoms with van der Waals surface area (Å²) in [5.74, 6) is -1.30. The molecule has 1 aromatic heterocycles. The molecule has 2 aromatic carbocycles. The number of carbonyl (C=O) groups is 2. The Morgan fingerprint density at radius 3 is 2.37 bits per heavy atom. The second-order valence-electron chi connectivity index (χ2n) is 5.44. The molecular weight excluding hydrogens is 346 g/mol. The maximum absolute atomic E-state index is 12.0. The first-order valence-corrected chi connectivity index (χ1v) is 7.94. The average molecular weight is 360 g/mol. The number of aromatic nitrogens is 1. The van der Waals surface area contributed by atoms with Crippen LogP contribution in [0.5, 0.6) is 5.75 Å². The molecule has 7 heteroatoms. The minimum absolute atomic E-state index is 0.0981. The zero-order valence-corrected chi connectivity index (χ0v) is 14.0. The predicted molar refractivity (Wildman–Crippen MR) is 97.6 cm³/mol. The van der Waals surface area contributed by atoms with Crippen molar-refractivity contribution in [2.24, 2.45) is 5.10 Å². The molecule has 7 nitrogen and oxygen atoms in total. The van der Waals surface area contributed by atoms with Gasteiger partial charge in [0.2, 0.25) is 0 Å². The van der Waals surface area contributed by atoms with Crippen LogP contribution in [0.3, 0.4) is 0 Å². The minimum atomic E-state index is -1.23. The molecule has 3 rings (SSSR count). The molecule has 0 bridgehead atoms. The predicted octanol–water partition coefficient (Wildman–Crippen LogP) is 2.11. The Hall–Kier alpha value is -4.00. The van der Waals surface area contributed by atoms with Gasteiger partial charge in [0.1, 0.15) is 5.75 Å². The molecule has 0 spiro atoms. The highest BCUT2D eigenvalue weighted by Crippen LogP contribution is 2.14. The van der Waals surface area contributed by atoms with Crippen molar-refractivity contribution in [3.63, 3.8) is 0 Å². The van der Waals surface area contributed by atoms with E-state index in [0.717, 1.165) is 5.56 Å². The Morgan fingerprint density at radius 1 is 1.00 bits per heavy atom. The van der Waals surface area contributed by atoms with Gasteiger partial charge in [-0.1, -0.05) is 12.1 Å². The van der Waals surface area contributed by atoms with Crippen LogP contribution in [0.4, 0.5) is 5.69 Å². The molecule has 0 fully saturated rings. The lowest BCUT2D eigenvalue weighted by Gasteiger charge is -2.05. The number of benzene rings is 2. The molecule has 1 heterocycles. The first-order chi connectivity index (χ1) is 13.1. The van der Waals surface area contributed by atoms with Crippen LogP contribution >= 0.6 is 0 Å². The van der Waals surface area contributed by atoms with Crippen molar-refractivity contribution < 1.29 is 19.4 Å². The summed E-state index contributed by atoms with van der Waals surface area (Å²) in [6, 6.07) is 16.1. The third kappa shape index (κ3) is 4.99. The lowest BCUT2D eigenvalue weighted by Crippen LogP contribution is -2.21. The lowest BCUT2D eigenvalue weighted by molar-refractivity contribution is -0.255. The third-order valence-electron chi connectivity index (χ3n) is 3.52. The SMILES string of the molecule is O=C([O-])c1ccc(N/N=C\c2ccc(OC(=O)c3cccnc3)cc2)cc1. The Bertz CT molecular complexity index is 953. The fourth-order valence-corrected chi connectivity index (χ4v) is 2.13. The summed E-state index contributed by atoms with van der Waals surface area (Å²) in [5, 5.41) is 14.8. The quantitative estimate of drug-likeness (QED) is 0.312. The largest absolute Gasteiger partial charge is 0.545 e. The van der Waals surface area contributed by atoms with Gasteiger partial charge in [0.25, 0.3) is 0 Å². The Kier molecular flexibility index (Phi) is 5.54. The van der Waals surface area contributed by atoms with Gasteiger partial charge >= 0.3 is 5.97 Å². The van der Waals surface area contributed by atoms with Crippen LogP contribution in [-0.4, -0.2) is 23.1 Å². The highest BCUT2D eigenvalue weighted by Gasteiger charge is 2.07. The number of esters is 1. The zero-order chi connectivity index (χ0) is 19.1. The van der Waals surface area contributed by atoms with E-state index in [-0.39, 0.29) is 5.56 Å². The van der Waals surface area contributed by atoms with Crippen molar-refractivity contribution >= 4 is 23.8 Å². The number of nitrogens with one attached hydrogen (secondary N) is 1. The molecule has 0 saturated heterocycles. The summed E-state index contributed by atoms with van der Waals surface area (Å²) in [5.41, 5.74) is 4.69. The normalized spacial score (nSPS) is 10.5. The van der Waals surface area contributed by atoms with Crippen LogP contribution in [0.1, 0.15) is 26.3 Å². The first-order valence-electron chi connectivity index (χ1n) is 7.94. The molecule has 3 aromatic rings. The van der Waals surface area contributed by atoms with Crippen LogP contribution in [0.25, 0.3) is 0 Å². The fourth-order valence-electron chi connectivity index (χ4n) is 2.13. The topological polar surface area (TPSA) is 104 Å². The Morgan fingerprint density at radius 2 is 1.74 bits per heavy atom. The van der Waals surface area contributed by atoms with Gasteiger partial charge in [0, 0.05) is 12.4 Å². The van der Waals surface area contributed by atoms with E-state index in [1.165, 1.54) is 18.3 Å². The molecule has 0 atom stereocenters. The summed E-state index contributed by atoms with van der Waals surface area (Å²) in [6.45, 7) is 0. The molecule has 1 N–H and O–H groups in total. The van der Waals surface area contributed by atoms with Gasteiger partial charge in [0.05, 0.1) is 23.4 Å². The number of anilines is 1. The molecule has 27 heavy (non-hydrogen) atoms. The van der Waals surface area contributed by atoms with E-state index in [4.69, 9.17) is 4.74 Å². The van der Waals surface area contributed by atoms with E-state index in [2.05, 4.69) is 15.5 Å². The van der Waals surface area contributed by atoms with E-state index in [1.807, 2.05) is 0 Å². The molecule has 0 aliphatic carbocycles. The van der Waals surface area contributed by atoms with Gasteiger partial charge in [-0.25, -0.2) is 4.79 Å². The summed E-state index contributed by atoms with van der Waals surface area (Å²) >= 11 is 0. The second kappa shape index (κ2) is 8.39. The maximum Gasteiger partial charge on any atom is 0.345 e. The summed E-state index contributed by atoms with van der Waals surface area (Å²) in [4.78, 5) is 26.5. The standard InChI is InChI=1S/C20H15N3O4/c24-19(25)15-5-7-17(8-6-15)23-22-12-14-3-9-18(10-4-14)27-20(26)16-2-1-11-21-13-16/h1-13,23H,(H,24,25)/p-1/b22-12-. The summed E-state index contributed by atoms with van der Waals surface area (Å²) in [7, 11) is 0. The molecule has 0 amide bonds. The number of carboxylic acid groups (broad SMARTS) is 1. The van der Waals surface area contributed by atoms with Crippen LogP contribution in [-0.2, 0) is 0 Å². The maximum atomic E-state index is 12.0. The van der Waals surface area contributed by atoms with E-state index in [9.17, 15) is 14.7 Å². The number of pyridine rings is 1. The van der Waals surface area contributed by atoms with Crippen LogP contribution in [0.15, 0.2) is 78.2 Å². The number of hydrogen-bond acceptors (Lipinski definition) is 7. The highest BCUT2D eigenvalue weighted by molar-refractivity contribution is 5.90. The number of aromatic carboxylic acids is 1. The number of nitrogens with zero attached hydrogens (tertiary/aromatic N) is 2. The number of hydrazone groups is 1. The highest BCUT2D eigenvalue weighted by atomic mass is 16.5. The molecule has 0 unspecified atom stereocenters. The van der Waals surface area contributed by atoms with Crippen molar-refractivity contribution in [3.05, 3.63) is 89.7 Å². The smallest absolute Gasteiger partial charge is 0.345 e. The number of hydrogen-bond donors (Lipinski definition) is 1. The molecule has 0 saturated carbocycles. The number of rotatable bonds is 6.